The van der Waals surface area contributed by atoms with Gasteiger partial charge < -0.3 is 9.22 Å². The molecule has 0 aliphatic carbocycles. The number of hydrogen-bond acceptors (Lipinski definition) is 2. The molecule has 0 aliphatic heterocycles. The van der Waals surface area contributed by atoms with E-state index in [9.17, 15) is 4.79 Å². The van der Waals surface area contributed by atoms with E-state index >= 15 is 0 Å². The zero-order valence-electron chi connectivity index (χ0n) is 13.4. The monoisotopic (exact) mass is 272 g/mol. The Bertz CT molecular complexity index is 220. The highest BCUT2D eigenvalue weighted by Gasteiger charge is 2.39. The number of carbonyl (C=O) groups excluding carboxylic acids is 1. The van der Waals surface area contributed by atoms with Crippen LogP contribution >= 0.6 is 0 Å². The third-order valence-corrected chi connectivity index (χ3v) is 4.56. The normalized spacial score (nSPS) is 13.4. The van der Waals surface area contributed by atoms with E-state index in [-0.39, 0.29) is 5.41 Å². The van der Waals surface area contributed by atoms with Crippen LogP contribution in [0.15, 0.2) is 0 Å². The van der Waals surface area contributed by atoms with Crippen molar-refractivity contribution < 1.29 is 9.22 Å². The number of hydrogen-bond donors (Lipinski definition) is 0. The third kappa shape index (κ3) is 6.14. The van der Waals surface area contributed by atoms with Crippen molar-refractivity contribution in [1.29, 1.82) is 0 Å². The van der Waals surface area contributed by atoms with E-state index in [0.29, 0.717) is 23.2 Å². The first kappa shape index (κ1) is 17.8. The molecule has 108 valence electrons. The maximum absolute atomic E-state index is 12.6. The average Bonchev–Trinajstić information content (AvgIpc) is 2.14. The van der Waals surface area contributed by atoms with Gasteiger partial charge in [-0.3, -0.25) is 0 Å². The molecule has 0 saturated carbocycles. The maximum atomic E-state index is 12.6. The predicted octanol–water partition coefficient (Wildman–Crippen LogP) is 3.37. The van der Waals surface area contributed by atoms with Gasteiger partial charge in [-0.05, 0) is 37.0 Å². The van der Waals surface area contributed by atoms with E-state index in [1.54, 1.807) is 7.11 Å². The quantitative estimate of drug-likeness (QED) is 0.602. The van der Waals surface area contributed by atoms with Crippen LogP contribution in [0.25, 0.3) is 0 Å². The van der Waals surface area contributed by atoms with E-state index in [1.165, 1.54) is 0 Å². The molecule has 0 N–H and O–H groups in total. The Labute approximate surface area is 116 Å². The highest BCUT2D eigenvalue weighted by Crippen LogP contribution is 2.40. The fourth-order valence-corrected chi connectivity index (χ4v) is 4.22. The van der Waals surface area contributed by atoms with Crippen molar-refractivity contribution in [1.82, 2.24) is 0 Å². The van der Waals surface area contributed by atoms with Gasteiger partial charge in [0.05, 0.1) is 0 Å². The van der Waals surface area contributed by atoms with Crippen molar-refractivity contribution in [2.45, 2.75) is 60.8 Å². The third-order valence-electron chi connectivity index (χ3n) is 3.26. The van der Waals surface area contributed by atoms with Crippen molar-refractivity contribution in [3.63, 3.8) is 0 Å². The molecule has 0 aliphatic rings. The standard InChI is InChI=1S/C15H32O2Si/c1-11(2)8-15(9-12(3)4,10-13(5)6)14(16)18-17-7/h11-13H,8-10,18H2,1-7H3. The molecule has 0 amide bonds. The van der Waals surface area contributed by atoms with Crippen LogP contribution in [0.3, 0.4) is 0 Å². The molecule has 0 aromatic carbocycles. The summed E-state index contributed by atoms with van der Waals surface area (Å²) >= 11 is 0. The summed E-state index contributed by atoms with van der Waals surface area (Å²) in [5, 5.41) is 0.432. The summed E-state index contributed by atoms with van der Waals surface area (Å²) in [5.41, 5.74) is -0.126. The molecule has 0 fully saturated rings. The lowest BCUT2D eigenvalue weighted by molar-refractivity contribution is -0.124. The Morgan fingerprint density at radius 1 is 0.944 bits per heavy atom. The van der Waals surface area contributed by atoms with E-state index in [0.717, 1.165) is 19.3 Å². The molecule has 0 rings (SSSR count). The molecular formula is C15H32O2Si. The van der Waals surface area contributed by atoms with E-state index in [4.69, 9.17) is 4.43 Å². The van der Waals surface area contributed by atoms with Crippen molar-refractivity contribution in [2.75, 3.05) is 7.11 Å². The number of rotatable bonds is 9. The van der Waals surface area contributed by atoms with Crippen LogP contribution in [0.5, 0.6) is 0 Å². The molecule has 0 spiro atoms. The minimum Gasteiger partial charge on any atom is -0.418 e. The summed E-state index contributed by atoms with van der Waals surface area (Å²) in [5.74, 6) is 1.70. The maximum Gasteiger partial charge on any atom is 0.234 e. The Morgan fingerprint density at radius 3 is 1.50 bits per heavy atom. The second-order valence-electron chi connectivity index (χ2n) is 6.93. The van der Waals surface area contributed by atoms with Gasteiger partial charge in [0.1, 0.15) is 5.41 Å². The number of carbonyl (C=O) groups is 1. The smallest absolute Gasteiger partial charge is 0.234 e. The SMILES string of the molecule is CO[SiH2]C(=O)C(CC(C)C)(CC(C)C)CC(C)C. The minimum atomic E-state index is -1.03. The second-order valence-corrected chi connectivity index (χ2v) is 8.44. The van der Waals surface area contributed by atoms with Crippen LogP contribution in [0.4, 0.5) is 0 Å². The highest BCUT2D eigenvalue weighted by molar-refractivity contribution is 6.70. The van der Waals surface area contributed by atoms with Gasteiger partial charge in [-0.15, -0.1) is 0 Å². The van der Waals surface area contributed by atoms with Crippen LogP contribution in [0, 0.1) is 23.2 Å². The molecule has 0 aromatic heterocycles. The molecule has 0 heterocycles. The van der Waals surface area contributed by atoms with E-state index in [2.05, 4.69) is 41.5 Å². The zero-order valence-corrected chi connectivity index (χ0v) is 14.8. The summed E-state index contributed by atoms with van der Waals surface area (Å²) in [6.07, 6.45) is 3.04. The first-order chi connectivity index (χ1) is 8.23. The van der Waals surface area contributed by atoms with Crippen LogP contribution in [-0.2, 0) is 9.22 Å². The lowest BCUT2D eigenvalue weighted by Gasteiger charge is -2.37. The van der Waals surface area contributed by atoms with Crippen LogP contribution in [-0.4, -0.2) is 22.3 Å². The molecule has 0 aromatic rings. The van der Waals surface area contributed by atoms with Gasteiger partial charge in [0.2, 0.25) is 9.76 Å². The van der Waals surface area contributed by atoms with Gasteiger partial charge in [0, 0.05) is 12.5 Å². The summed E-state index contributed by atoms with van der Waals surface area (Å²) < 4.78 is 5.24. The highest BCUT2D eigenvalue weighted by atomic mass is 28.2. The van der Waals surface area contributed by atoms with Crippen LogP contribution < -0.4 is 0 Å². The van der Waals surface area contributed by atoms with Crippen LogP contribution in [0.2, 0.25) is 0 Å². The van der Waals surface area contributed by atoms with Crippen molar-refractivity contribution in [3.8, 4) is 0 Å². The second kappa shape index (κ2) is 8.11. The van der Waals surface area contributed by atoms with E-state index in [1.807, 2.05) is 0 Å². The summed E-state index contributed by atoms with van der Waals surface area (Å²) in [6, 6.07) is 0. The first-order valence-corrected chi connectivity index (χ1v) is 8.54. The molecule has 18 heavy (non-hydrogen) atoms. The molecule has 0 atom stereocenters. The van der Waals surface area contributed by atoms with Gasteiger partial charge >= 0.3 is 0 Å². The minimum absolute atomic E-state index is 0.126. The first-order valence-electron chi connectivity index (χ1n) is 7.25. The Kier molecular flexibility index (Phi) is 8.04. The molecule has 2 nitrogen and oxygen atoms in total. The van der Waals surface area contributed by atoms with Gasteiger partial charge in [0.25, 0.3) is 0 Å². The fraction of sp³-hybridized carbons (Fsp3) is 0.933. The summed E-state index contributed by atoms with van der Waals surface area (Å²) in [7, 11) is 0.650. The van der Waals surface area contributed by atoms with Gasteiger partial charge in [-0.2, -0.15) is 0 Å². The molecule has 0 unspecified atom stereocenters. The molecular weight excluding hydrogens is 240 g/mol. The van der Waals surface area contributed by atoms with Gasteiger partial charge in [-0.25, -0.2) is 0 Å². The lowest BCUT2D eigenvalue weighted by atomic mass is 9.70. The average molecular weight is 273 g/mol. The molecule has 0 radical (unpaired) electrons. The predicted molar refractivity (Wildman–Crippen MR) is 81.4 cm³/mol. The van der Waals surface area contributed by atoms with Crippen molar-refractivity contribution in [2.24, 2.45) is 23.2 Å². The van der Waals surface area contributed by atoms with E-state index < -0.39 is 9.76 Å². The molecule has 3 heteroatoms. The summed E-state index contributed by atoms with van der Waals surface area (Å²) in [6.45, 7) is 13.3. The van der Waals surface area contributed by atoms with Gasteiger partial charge in [0.15, 0.2) is 0 Å². The van der Waals surface area contributed by atoms with Gasteiger partial charge in [-0.1, -0.05) is 41.5 Å². The zero-order chi connectivity index (χ0) is 14.3. The molecule has 0 bridgehead atoms. The van der Waals surface area contributed by atoms with Crippen LogP contribution in [0.1, 0.15) is 60.8 Å². The van der Waals surface area contributed by atoms with Crippen molar-refractivity contribution >= 4 is 15.2 Å². The lowest BCUT2D eigenvalue weighted by Crippen LogP contribution is -2.39. The summed E-state index contributed by atoms with van der Waals surface area (Å²) in [4.78, 5) is 12.6. The largest absolute Gasteiger partial charge is 0.418 e. The Morgan fingerprint density at radius 2 is 1.28 bits per heavy atom. The Hall–Kier alpha value is -0.153. The van der Waals surface area contributed by atoms with Crippen molar-refractivity contribution in [3.05, 3.63) is 0 Å². The Balaban J connectivity index is 5.16. The fourth-order valence-electron chi connectivity index (χ4n) is 3.22. The topological polar surface area (TPSA) is 26.3 Å². The molecule has 0 saturated heterocycles.